The topological polar surface area (TPSA) is 84.1 Å². The Labute approximate surface area is 100 Å². The van der Waals surface area contributed by atoms with Crippen LogP contribution in [-0.4, -0.2) is 26.7 Å². The lowest BCUT2D eigenvalue weighted by Gasteiger charge is -2.30. The van der Waals surface area contributed by atoms with Crippen LogP contribution in [0.4, 0.5) is 11.5 Å². The zero-order chi connectivity index (χ0) is 12.5. The van der Waals surface area contributed by atoms with Gasteiger partial charge in [-0.15, -0.1) is 0 Å². The van der Waals surface area contributed by atoms with E-state index in [2.05, 4.69) is 15.3 Å². The lowest BCUT2D eigenvalue weighted by atomic mass is 9.99. The van der Waals surface area contributed by atoms with Gasteiger partial charge < -0.3 is 16.2 Å². The maximum atomic E-state index is 9.59. The zero-order valence-corrected chi connectivity index (χ0v) is 10.6. The van der Waals surface area contributed by atoms with Crippen LogP contribution in [-0.2, 0) is 0 Å². The average Bonchev–Trinajstić information content (AvgIpc) is 2.12. The molecular formula is C10H17ClN4O. The minimum absolute atomic E-state index is 0.135. The summed E-state index contributed by atoms with van der Waals surface area (Å²) >= 11 is 5.75. The second kappa shape index (κ2) is 4.43. The van der Waals surface area contributed by atoms with Crippen molar-refractivity contribution in [3.8, 4) is 0 Å². The van der Waals surface area contributed by atoms with Gasteiger partial charge in [0, 0.05) is 0 Å². The summed E-state index contributed by atoms with van der Waals surface area (Å²) in [5.74, 6) is 0.448. The standard InChI is InChI=1S/C10H17ClN4O/c1-5-7(12)8(14-9(11)13-5)15-10(3,4)6(2)16/h6,16H,12H2,1-4H3,(H,13,14,15). The summed E-state index contributed by atoms with van der Waals surface area (Å²) in [6, 6.07) is 0. The van der Waals surface area contributed by atoms with Gasteiger partial charge in [0.05, 0.1) is 23.0 Å². The highest BCUT2D eigenvalue weighted by Gasteiger charge is 2.25. The van der Waals surface area contributed by atoms with Crippen LogP contribution in [0.1, 0.15) is 26.5 Å². The van der Waals surface area contributed by atoms with Gasteiger partial charge in [0.1, 0.15) is 0 Å². The number of rotatable bonds is 3. The summed E-state index contributed by atoms with van der Waals surface area (Å²) in [4.78, 5) is 7.94. The molecule has 1 heterocycles. The number of aliphatic hydroxyl groups is 1. The molecule has 0 aliphatic rings. The van der Waals surface area contributed by atoms with Gasteiger partial charge in [-0.2, -0.15) is 4.98 Å². The van der Waals surface area contributed by atoms with E-state index in [4.69, 9.17) is 17.3 Å². The van der Waals surface area contributed by atoms with Crippen LogP contribution in [0.15, 0.2) is 0 Å². The molecule has 6 heteroatoms. The van der Waals surface area contributed by atoms with Crippen molar-refractivity contribution in [2.75, 3.05) is 11.1 Å². The number of anilines is 2. The van der Waals surface area contributed by atoms with Crippen molar-refractivity contribution in [3.05, 3.63) is 11.0 Å². The SMILES string of the molecule is Cc1nc(Cl)nc(NC(C)(C)C(C)O)c1N. The quantitative estimate of drug-likeness (QED) is 0.704. The molecule has 0 amide bonds. The Bertz CT molecular complexity index is 393. The molecule has 0 spiro atoms. The molecule has 1 aromatic heterocycles. The molecule has 1 unspecified atom stereocenters. The van der Waals surface area contributed by atoms with E-state index in [1.165, 1.54) is 0 Å². The predicted octanol–water partition coefficient (Wildman–Crippen LogP) is 1.59. The Hall–Kier alpha value is -1.07. The lowest BCUT2D eigenvalue weighted by Crippen LogP contribution is -2.42. The summed E-state index contributed by atoms with van der Waals surface area (Å²) in [6.45, 7) is 7.15. The van der Waals surface area contributed by atoms with Crippen LogP contribution in [0, 0.1) is 6.92 Å². The Balaban J connectivity index is 3.06. The number of nitrogens with two attached hydrogens (primary N) is 1. The number of aromatic nitrogens is 2. The average molecular weight is 245 g/mol. The maximum Gasteiger partial charge on any atom is 0.224 e. The summed E-state index contributed by atoms with van der Waals surface area (Å²) in [6.07, 6.45) is -0.555. The molecule has 0 bridgehead atoms. The Morgan fingerprint density at radius 1 is 1.44 bits per heavy atom. The van der Waals surface area contributed by atoms with Gasteiger partial charge >= 0.3 is 0 Å². The Morgan fingerprint density at radius 2 is 2.00 bits per heavy atom. The van der Waals surface area contributed by atoms with Gasteiger partial charge in [0.15, 0.2) is 5.82 Å². The minimum atomic E-state index is -0.555. The number of halogens is 1. The molecule has 4 N–H and O–H groups in total. The van der Waals surface area contributed by atoms with Crippen molar-refractivity contribution < 1.29 is 5.11 Å². The molecule has 90 valence electrons. The highest BCUT2D eigenvalue weighted by molar-refractivity contribution is 6.28. The van der Waals surface area contributed by atoms with Crippen molar-refractivity contribution >= 4 is 23.1 Å². The number of hydrogen-bond acceptors (Lipinski definition) is 5. The van der Waals surface area contributed by atoms with Gasteiger partial charge in [-0.05, 0) is 39.3 Å². The van der Waals surface area contributed by atoms with Gasteiger partial charge in [-0.25, -0.2) is 4.98 Å². The van der Waals surface area contributed by atoms with E-state index < -0.39 is 11.6 Å². The number of nitrogens with zero attached hydrogens (tertiary/aromatic N) is 2. The molecule has 0 aromatic carbocycles. The van der Waals surface area contributed by atoms with Crippen molar-refractivity contribution in [1.82, 2.24) is 9.97 Å². The van der Waals surface area contributed by atoms with Crippen LogP contribution in [0.2, 0.25) is 5.28 Å². The zero-order valence-electron chi connectivity index (χ0n) is 9.87. The van der Waals surface area contributed by atoms with Crippen molar-refractivity contribution in [2.45, 2.75) is 39.3 Å². The fourth-order valence-corrected chi connectivity index (χ4v) is 1.26. The summed E-state index contributed by atoms with van der Waals surface area (Å²) < 4.78 is 0. The van der Waals surface area contributed by atoms with E-state index in [1.807, 2.05) is 13.8 Å². The van der Waals surface area contributed by atoms with Crippen LogP contribution in [0.3, 0.4) is 0 Å². The number of aliphatic hydroxyl groups excluding tert-OH is 1. The fourth-order valence-electron chi connectivity index (χ4n) is 1.05. The molecule has 0 saturated heterocycles. The van der Waals surface area contributed by atoms with Crippen LogP contribution >= 0.6 is 11.6 Å². The van der Waals surface area contributed by atoms with E-state index in [0.29, 0.717) is 17.2 Å². The minimum Gasteiger partial charge on any atom is -0.394 e. The predicted molar refractivity (Wildman–Crippen MR) is 65.6 cm³/mol. The van der Waals surface area contributed by atoms with Crippen LogP contribution < -0.4 is 11.1 Å². The highest BCUT2D eigenvalue weighted by atomic mass is 35.5. The van der Waals surface area contributed by atoms with Crippen LogP contribution in [0.5, 0.6) is 0 Å². The van der Waals surface area contributed by atoms with E-state index in [1.54, 1.807) is 13.8 Å². The molecule has 0 fully saturated rings. The monoisotopic (exact) mass is 244 g/mol. The normalized spacial score (nSPS) is 13.6. The Kier molecular flexibility index (Phi) is 3.60. The van der Waals surface area contributed by atoms with Crippen molar-refractivity contribution in [3.63, 3.8) is 0 Å². The number of nitrogens with one attached hydrogen (secondary N) is 1. The number of aryl methyl sites for hydroxylation is 1. The molecule has 1 rings (SSSR count). The Morgan fingerprint density at radius 3 is 2.50 bits per heavy atom. The first-order valence-electron chi connectivity index (χ1n) is 5.00. The molecule has 5 nitrogen and oxygen atoms in total. The second-order valence-corrected chi connectivity index (χ2v) is 4.70. The van der Waals surface area contributed by atoms with Crippen molar-refractivity contribution in [1.29, 1.82) is 0 Å². The van der Waals surface area contributed by atoms with Gasteiger partial charge in [0.25, 0.3) is 0 Å². The third-order valence-corrected chi connectivity index (χ3v) is 2.76. The number of nitrogen functional groups attached to an aromatic ring is 1. The molecule has 16 heavy (non-hydrogen) atoms. The molecule has 0 aliphatic carbocycles. The van der Waals surface area contributed by atoms with E-state index in [-0.39, 0.29) is 5.28 Å². The van der Waals surface area contributed by atoms with Gasteiger partial charge in [-0.3, -0.25) is 0 Å². The molecule has 1 atom stereocenters. The highest BCUT2D eigenvalue weighted by Crippen LogP contribution is 2.25. The fraction of sp³-hybridized carbons (Fsp3) is 0.600. The third kappa shape index (κ3) is 2.74. The first-order valence-corrected chi connectivity index (χ1v) is 5.37. The third-order valence-electron chi connectivity index (χ3n) is 2.59. The largest absolute Gasteiger partial charge is 0.394 e. The molecular weight excluding hydrogens is 228 g/mol. The van der Waals surface area contributed by atoms with E-state index in [0.717, 1.165) is 0 Å². The maximum absolute atomic E-state index is 9.59. The molecule has 0 aliphatic heterocycles. The number of hydrogen-bond donors (Lipinski definition) is 3. The van der Waals surface area contributed by atoms with Gasteiger partial charge in [-0.1, -0.05) is 0 Å². The first kappa shape index (κ1) is 13.0. The van der Waals surface area contributed by atoms with E-state index >= 15 is 0 Å². The van der Waals surface area contributed by atoms with Crippen molar-refractivity contribution in [2.24, 2.45) is 0 Å². The lowest BCUT2D eigenvalue weighted by molar-refractivity contribution is 0.133. The van der Waals surface area contributed by atoms with Crippen LogP contribution in [0.25, 0.3) is 0 Å². The molecule has 0 radical (unpaired) electrons. The summed E-state index contributed by atoms with van der Waals surface area (Å²) in [7, 11) is 0. The summed E-state index contributed by atoms with van der Waals surface area (Å²) in [5, 5.41) is 12.8. The first-order chi connectivity index (χ1) is 7.24. The second-order valence-electron chi connectivity index (χ2n) is 4.36. The van der Waals surface area contributed by atoms with E-state index in [9.17, 15) is 5.11 Å². The molecule has 0 saturated carbocycles. The molecule has 1 aromatic rings. The smallest absolute Gasteiger partial charge is 0.224 e. The van der Waals surface area contributed by atoms with Gasteiger partial charge in [0.2, 0.25) is 5.28 Å². The summed E-state index contributed by atoms with van der Waals surface area (Å²) in [5.41, 5.74) is 6.35.